The van der Waals surface area contributed by atoms with Crippen LogP contribution in [0.4, 0.5) is 0 Å². The molecule has 0 radical (unpaired) electrons. The van der Waals surface area contributed by atoms with Gasteiger partial charge in [-0.1, -0.05) is 292 Å². The van der Waals surface area contributed by atoms with Crippen LogP contribution in [0.25, 0.3) is 0 Å². The van der Waals surface area contributed by atoms with Gasteiger partial charge < -0.3 is 14.2 Å². The van der Waals surface area contributed by atoms with E-state index in [0.717, 1.165) is 103 Å². The lowest BCUT2D eigenvalue weighted by molar-refractivity contribution is -0.167. The second-order valence-electron chi connectivity index (χ2n) is 21.6. The van der Waals surface area contributed by atoms with Crippen molar-refractivity contribution in [3.63, 3.8) is 0 Å². The minimum absolute atomic E-state index is 0.0761. The second-order valence-corrected chi connectivity index (χ2v) is 21.6. The molecule has 0 aromatic carbocycles. The van der Waals surface area contributed by atoms with Crippen LogP contribution in [0.15, 0.2) is 85.1 Å². The first kappa shape index (κ1) is 72.6. The summed E-state index contributed by atoms with van der Waals surface area (Å²) >= 11 is 0. The van der Waals surface area contributed by atoms with Gasteiger partial charge in [0.15, 0.2) is 6.10 Å². The molecule has 0 fully saturated rings. The molecule has 0 bridgehead atoms. The van der Waals surface area contributed by atoms with Crippen LogP contribution in [0.2, 0.25) is 0 Å². The fourth-order valence-corrected chi connectivity index (χ4v) is 9.27. The van der Waals surface area contributed by atoms with Gasteiger partial charge in [-0.05, 0) is 96.3 Å². The molecule has 0 aliphatic rings. The van der Waals surface area contributed by atoms with E-state index in [4.69, 9.17) is 14.2 Å². The zero-order valence-electron chi connectivity index (χ0n) is 50.3. The molecule has 0 rings (SSSR count). The molecule has 0 aromatic heterocycles. The summed E-state index contributed by atoms with van der Waals surface area (Å²) in [5.74, 6) is -0.873. The summed E-state index contributed by atoms with van der Waals surface area (Å²) in [7, 11) is 0. The monoisotopic (exact) mass is 1060 g/mol. The normalized spacial score (nSPS) is 12.6. The van der Waals surface area contributed by atoms with Crippen molar-refractivity contribution in [3.05, 3.63) is 85.1 Å². The molecule has 0 saturated carbocycles. The number of allylic oxidation sites excluding steroid dienone is 14. The maximum atomic E-state index is 12.9. The Hall–Kier alpha value is -3.41. The molecular formula is C70H122O6. The molecule has 0 N–H and O–H groups in total. The van der Waals surface area contributed by atoms with Crippen LogP contribution < -0.4 is 0 Å². The molecule has 0 amide bonds. The molecule has 438 valence electrons. The van der Waals surface area contributed by atoms with E-state index in [1.54, 1.807) is 0 Å². The largest absolute Gasteiger partial charge is 0.462 e. The molecular weight excluding hydrogens is 937 g/mol. The Morgan fingerprint density at radius 2 is 0.513 bits per heavy atom. The molecule has 0 saturated heterocycles. The maximum Gasteiger partial charge on any atom is 0.306 e. The van der Waals surface area contributed by atoms with Gasteiger partial charge in [-0.15, -0.1) is 0 Å². The average Bonchev–Trinajstić information content (AvgIpc) is 3.42. The summed E-state index contributed by atoms with van der Waals surface area (Å²) in [6, 6.07) is 0. The predicted molar refractivity (Wildman–Crippen MR) is 330 cm³/mol. The molecule has 76 heavy (non-hydrogen) atoms. The first-order valence-electron chi connectivity index (χ1n) is 32.6. The maximum absolute atomic E-state index is 12.9. The zero-order valence-corrected chi connectivity index (χ0v) is 50.3. The van der Waals surface area contributed by atoms with Crippen LogP contribution in [0.3, 0.4) is 0 Å². The molecule has 0 heterocycles. The van der Waals surface area contributed by atoms with E-state index in [1.807, 2.05) is 0 Å². The summed E-state index contributed by atoms with van der Waals surface area (Å²) in [6.45, 7) is 6.53. The highest BCUT2D eigenvalue weighted by Crippen LogP contribution is 2.16. The van der Waals surface area contributed by atoms with E-state index in [-0.39, 0.29) is 31.1 Å². The highest BCUT2D eigenvalue weighted by atomic mass is 16.6. The van der Waals surface area contributed by atoms with Crippen LogP contribution >= 0.6 is 0 Å². The van der Waals surface area contributed by atoms with Crippen molar-refractivity contribution in [2.45, 2.75) is 329 Å². The minimum atomic E-state index is -0.779. The van der Waals surface area contributed by atoms with E-state index in [1.165, 1.54) is 180 Å². The zero-order chi connectivity index (χ0) is 55.0. The Morgan fingerprint density at radius 1 is 0.276 bits per heavy atom. The number of hydrogen-bond donors (Lipinski definition) is 0. The topological polar surface area (TPSA) is 78.9 Å². The van der Waals surface area contributed by atoms with Crippen LogP contribution in [0, 0.1) is 0 Å². The summed E-state index contributed by atoms with van der Waals surface area (Å²) < 4.78 is 16.9. The fraction of sp³-hybridized carbons (Fsp3) is 0.757. The molecule has 6 heteroatoms. The van der Waals surface area contributed by atoms with E-state index < -0.39 is 6.10 Å². The first-order chi connectivity index (χ1) is 37.5. The molecule has 0 aromatic rings. The van der Waals surface area contributed by atoms with Crippen molar-refractivity contribution in [2.75, 3.05) is 13.2 Å². The molecule has 1 unspecified atom stereocenters. The van der Waals surface area contributed by atoms with Gasteiger partial charge in [0.2, 0.25) is 0 Å². The van der Waals surface area contributed by atoms with Gasteiger partial charge in [-0.2, -0.15) is 0 Å². The lowest BCUT2D eigenvalue weighted by Crippen LogP contribution is -2.30. The van der Waals surface area contributed by atoms with Gasteiger partial charge in [0, 0.05) is 19.3 Å². The number of unbranched alkanes of at least 4 members (excludes halogenated alkanes) is 34. The lowest BCUT2D eigenvalue weighted by Gasteiger charge is -2.18. The Morgan fingerprint density at radius 3 is 0.803 bits per heavy atom. The quantitative estimate of drug-likeness (QED) is 0.0261. The molecule has 0 aliphatic heterocycles. The van der Waals surface area contributed by atoms with Crippen molar-refractivity contribution in [1.82, 2.24) is 0 Å². The van der Waals surface area contributed by atoms with E-state index in [2.05, 4.69) is 106 Å². The number of hydrogen-bond acceptors (Lipinski definition) is 6. The summed E-state index contributed by atoms with van der Waals surface area (Å²) in [6.07, 6.45) is 84.5. The van der Waals surface area contributed by atoms with Gasteiger partial charge in [-0.25, -0.2) is 0 Å². The average molecular weight is 1060 g/mol. The van der Waals surface area contributed by atoms with Crippen LogP contribution in [-0.4, -0.2) is 37.2 Å². The highest BCUT2D eigenvalue weighted by molar-refractivity contribution is 5.71. The van der Waals surface area contributed by atoms with Crippen molar-refractivity contribution in [2.24, 2.45) is 0 Å². The Bertz CT molecular complexity index is 1450. The SMILES string of the molecule is CC/C=C\C/C=C\C/C=C\C/C=C\C/C=C\CCCCCCCCCCCC(=O)OCC(COC(=O)CCCCCCCCCCCC)OC(=O)CCCCCCCCCCCCC/C=C\C/C=C\CCCCCCC. The van der Waals surface area contributed by atoms with Crippen LogP contribution in [0.1, 0.15) is 323 Å². The van der Waals surface area contributed by atoms with Gasteiger partial charge in [0.25, 0.3) is 0 Å². The lowest BCUT2D eigenvalue weighted by atomic mass is 10.0. The number of carbonyl (C=O) groups excluding carboxylic acids is 3. The number of ether oxygens (including phenoxy) is 3. The van der Waals surface area contributed by atoms with Gasteiger partial charge in [-0.3, -0.25) is 14.4 Å². The van der Waals surface area contributed by atoms with Crippen molar-refractivity contribution < 1.29 is 28.6 Å². The van der Waals surface area contributed by atoms with Crippen LogP contribution in [-0.2, 0) is 28.6 Å². The molecule has 6 nitrogen and oxygen atoms in total. The van der Waals surface area contributed by atoms with Gasteiger partial charge >= 0.3 is 17.9 Å². The molecule has 0 spiro atoms. The third kappa shape index (κ3) is 61.4. The fourth-order valence-electron chi connectivity index (χ4n) is 9.27. The number of carbonyl (C=O) groups is 3. The number of rotatable bonds is 59. The van der Waals surface area contributed by atoms with Gasteiger partial charge in [0.1, 0.15) is 13.2 Å². The first-order valence-corrected chi connectivity index (χ1v) is 32.6. The molecule has 1 atom stereocenters. The smallest absolute Gasteiger partial charge is 0.306 e. The van der Waals surface area contributed by atoms with Crippen molar-refractivity contribution >= 4 is 17.9 Å². The number of esters is 3. The van der Waals surface area contributed by atoms with Crippen LogP contribution in [0.5, 0.6) is 0 Å². The van der Waals surface area contributed by atoms with Gasteiger partial charge in [0.05, 0.1) is 0 Å². The predicted octanol–water partition coefficient (Wildman–Crippen LogP) is 22.3. The summed E-state index contributed by atoms with van der Waals surface area (Å²) in [4.78, 5) is 38.3. The third-order valence-corrected chi connectivity index (χ3v) is 14.1. The second kappa shape index (κ2) is 64.1. The summed E-state index contributed by atoms with van der Waals surface area (Å²) in [5, 5.41) is 0. The Balaban J connectivity index is 4.25. The summed E-state index contributed by atoms with van der Waals surface area (Å²) in [5.41, 5.74) is 0. The Kier molecular flexibility index (Phi) is 61.2. The Labute approximate surface area is 471 Å². The third-order valence-electron chi connectivity index (χ3n) is 14.1. The van der Waals surface area contributed by atoms with E-state index in [9.17, 15) is 14.4 Å². The highest BCUT2D eigenvalue weighted by Gasteiger charge is 2.19. The van der Waals surface area contributed by atoms with E-state index >= 15 is 0 Å². The van der Waals surface area contributed by atoms with Crippen molar-refractivity contribution in [3.8, 4) is 0 Å². The van der Waals surface area contributed by atoms with Crippen molar-refractivity contribution in [1.29, 1.82) is 0 Å². The minimum Gasteiger partial charge on any atom is -0.462 e. The standard InChI is InChI=1S/C70H122O6/c1-4-7-10-13-16-19-22-24-26-28-30-32-34-35-37-38-40-42-44-46-48-51-54-57-60-63-69(72)75-66-67(65-74-68(71)62-59-56-53-50-21-18-15-12-9-6-3)76-70(73)64-61-58-55-52-49-47-45-43-41-39-36-33-31-29-27-25-23-20-17-14-11-8-5-2/h7,10,16,19,23-26,29-32,35,37,67H,4-6,8-9,11-15,17-18,20-22,27-28,33-34,36,38-66H2,1-3H3/b10-7-,19-16-,25-23-,26-24-,31-29-,32-30-,37-35-. The molecule has 0 aliphatic carbocycles. The van der Waals surface area contributed by atoms with E-state index in [0.29, 0.717) is 19.3 Å².